The van der Waals surface area contributed by atoms with Gasteiger partial charge >= 0.3 is 0 Å². The van der Waals surface area contributed by atoms with E-state index in [0.29, 0.717) is 12.3 Å². The molecule has 2 fully saturated rings. The standard InChI is InChI=1S/C17H22ClNO2/c18-15-5-3-13(4-6-15)11-17(7-8-17)19-16(20)10-14-2-1-9-21-12-14/h3-6,14H,1-2,7-12H2,(H,19,20)/t14-/m1/s1. The Bertz CT molecular complexity index is 490. The maximum Gasteiger partial charge on any atom is 0.220 e. The molecule has 3 rings (SSSR count). The van der Waals surface area contributed by atoms with E-state index in [4.69, 9.17) is 16.3 Å². The van der Waals surface area contributed by atoms with Crippen LogP contribution in [0.25, 0.3) is 0 Å². The van der Waals surface area contributed by atoms with E-state index in [-0.39, 0.29) is 11.4 Å². The summed E-state index contributed by atoms with van der Waals surface area (Å²) in [6.07, 6.45) is 5.83. The lowest BCUT2D eigenvalue weighted by molar-refractivity contribution is -0.124. The number of carbonyl (C=O) groups excluding carboxylic acids is 1. The molecule has 1 amide bonds. The van der Waals surface area contributed by atoms with Gasteiger partial charge in [0.15, 0.2) is 0 Å². The first-order chi connectivity index (χ1) is 10.2. The summed E-state index contributed by atoms with van der Waals surface area (Å²) in [6.45, 7) is 1.58. The van der Waals surface area contributed by atoms with Gasteiger partial charge in [-0.3, -0.25) is 4.79 Å². The van der Waals surface area contributed by atoms with Crippen molar-refractivity contribution in [3.8, 4) is 0 Å². The van der Waals surface area contributed by atoms with Crippen LogP contribution < -0.4 is 5.32 Å². The van der Waals surface area contributed by atoms with Crippen LogP contribution in [0.1, 0.15) is 37.7 Å². The molecule has 1 heterocycles. The van der Waals surface area contributed by atoms with Crippen LogP contribution in [-0.4, -0.2) is 24.7 Å². The topological polar surface area (TPSA) is 38.3 Å². The molecule has 1 saturated heterocycles. The van der Waals surface area contributed by atoms with E-state index in [1.165, 1.54) is 5.56 Å². The Morgan fingerprint density at radius 3 is 2.71 bits per heavy atom. The Morgan fingerprint density at radius 1 is 1.33 bits per heavy atom. The van der Waals surface area contributed by atoms with Gasteiger partial charge in [-0.25, -0.2) is 0 Å². The van der Waals surface area contributed by atoms with E-state index in [1.807, 2.05) is 24.3 Å². The number of carbonyl (C=O) groups is 1. The molecule has 0 aromatic heterocycles. The Balaban J connectivity index is 1.51. The fourth-order valence-electron chi connectivity index (χ4n) is 3.07. The summed E-state index contributed by atoms with van der Waals surface area (Å²) >= 11 is 5.91. The SMILES string of the molecule is O=C(C[C@H]1CCCOC1)NC1(Cc2ccc(Cl)cc2)CC1. The molecular weight excluding hydrogens is 286 g/mol. The summed E-state index contributed by atoms with van der Waals surface area (Å²) in [5.41, 5.74) is 1.22. The highest BCUT2D eigenvalue weighted by atomic mass is 35.5. The molecule has 2 aliphatic rings. The van der Waals surface area contributed by atoms with Crippen molar-refractivity contribution < 1.29 is 9.53 Å². The first-order valence-corrected chi connectivity index (χ1v) is 8.16. The van der Waals surface area contributed by atoms with Crippen LogP contribution in [-0.2, 0) is 16.0 Å². The molecule has 1 aliphatic heterocycles. The van der Waals surface area contributed by atoms with Crippen molar-refractivity contribution in [3.05, 3.63) is 34.9 Å². The molecule has 1 N–H and O–H groups in total. The van der Waals surface area contributed by atoms with Crippen LogP contribution in [0.4, 0.5) is 0 Å². The van der Waals surface area contributed by atoms with Crippen molar-refractivity contribution >= 4 is 17.5 Å². The molecule has 1 aromatic carbocycles. The number of nitrogens with one attached hydrogen (secondary N) is 1. The number of hydrogen-bond donors (Lipinski definition) is 1. The van der Waals surface area contributed by atoms with Crippen LogP contribution in [0.2, 0.25) is 5.02 Å². The molecule has 21 heavy (non-hydrogen) atoms. The quantitative estimate of drug-likeness (QED) is 0.906. The number of amides is 1. The summed E-state index contributed by atoms with van der Waals surface area (Å²) in [4.78, 5) is 12.2. The zero-order valence-electron chi connectivity index (χ0n) is 12.2. The number of ether oxygens (including phenoxy) is 1. The minimum absolute atomic E-state index is 0.0135. The maximum atomic E-state index is 12.2. The molecule has 1 aromatic rings. The molecule has 3 nitrogen and oxygen atoms in total. The van der Waals surface area contributed by atoms with Gasteiger partial charge in [0.25, 0.3) is 0 Å². The second kappa shape index (κ2) is 6.37. The smallest absolute Gasteiger partial charge is 0.220 e. The Morgan fingerprint density at radius 2 is 2.10 bits per heavy atom. The zero-order chi connectivity index (χ0) is 14.7. The first kappa shape index (κ1) is 14.9. The molecule has 0 radical (unpaired) electrons. The van der Waals surface area contributed by atoms with Gasteiger partial charge in [-0.1, -0.05) is 23.7 Å². The normalized spacial score (nSPS) is 23.6. The largest absolute Gasteiger partial charge is 0.381 e. The fraction of sp³-hybridized carbons (Fsp3) is 0.588. The van der Waals surface area contributed by atoms with Crippen molar-refractivity contribution in [1.82, 2.24) is 5.32 Å². The summed E-state index contributed by atoms with van der Waals surface area (Å²) in [5.74, 6) is 0.571. The molecule has 0 bridgehead atoms. The zero-order valence-corrected chi connectivity index (χ0v) is 13.0. The van der Waals surface area contributed by atoms with Crippen molar-refractivity contribution in [1.29, 1.82) is 0 Å². The van der Waals surface area contributed by atoms with Gasteiger partial charge in [-0.05, 0) is 55.7 Å². The van der Waals surface area contributed by atoms with Crippen LogP contribution in [0.5, 0.6) is 0 Å². The third-order valence-corrected chi connectivity index (χ3v) is 4.69. The van der Waals surface area contributed by atoms with Gasteiger partial charge in [0.1, 0.15) is 0 Å². The van der Waals surface area contributed by atoms with Gasteiger partial charge in [-0.2, -0.15) is 0 Å². The van der Waals surface area contributed by atoms with Crippen LogP contribution in [0.3, 0.4) is 0 Å². The summed E-state index contributed by atoms with van der Waals surface area (Å²) in [7, 11) is 0. The Kier molecular flexibility index (Phi) is 4.51. The molecule has 0 unspecified atom stereocenters. The van der Waals surface area contributed by atoms with Gasteiger partial charge in [0.05, 0.1) is 0 Å². The highest BCUT2D eigenvalue weighted by Gasteiger charge is 2.43. The number of hydrogen-bond acceptors (Lipinski definition) is 2. The van der Waals surface area contributed by atoms with Gasteiger partial charge in [0.2, 0.25) is 5.91 Å². The number of benzene rings is 1. The highest BCUT2D eigenvalue weighted by molar-refractivity contribution is 6.30. The molecule has 1 saturated carbocycles. The van der Waals surface area contributed by atoms with Crippen molar-refractivity contribution in [2.24, 2.45) is 5.92 Å². The average Bonchev–Trinajstić information content (AvgIpc) is 3.22. The van der Waals surface area contributed by atoms with Crippen molar-refractivity contribution in [3.63, 3.8) is 0 Å². The monoisotopic (exact) mass is 307 g/mol. The number of rotatable bonds is 5. The van der Waals surface area contributed by atoms with E-state index in [1.54, 1.807) is 0 Å². The predicted octanol–water partition coefficient (Wildman–Crippen LogP) is 3.35. The molecule has 4 heteroatoms. The first-order valence-electron chi connectivity index (χ1n) is 7.78. The predicted molar refractivity (Wildman–Crippen MR) is 83.4 cm³/mol. The maximum absolute atomic E-state index is 12.2. The lowest BCUT2D eigenvalue weighted by atomic mass is 9.97. The van der Waals surface area contributed by atoms with Crippen molar-refractivity contribution in [2.45, 2.75) is 44.1 Å². The second-order valence-corrected chi connectivity index (χ2v) is 6.86. The van der Waals surface area contributed by atoms with Crippen LogP contribution in [0.15, 0.2) is 24.3 Å². The van der Waals surface area contributed by atoms with Gasteiger partial charge in [0, 0.05) is 30.2 Å². The molecular formula is C17H22ClNO2. The van der Waals surface area contributed by atoms with Gasteiger partial charge < -0.3 is 10.1 Å². The van der Waals surface area contributed by atoms with Crippen LogP contribution in [0, 0.1) is 5.92 Å². The summed E-state index contributed by atoms with van der Waals surface area (Å²) < 4.78 is 5.44. The Hall–Kier alpha value is -1.06. The fourth-order valence-corrected chi connectivity index (χ4v) is 3.19. The average molecular weight is 308 g/mol. The second-order valence-electron chi connectivity index (χ2n) is 6.42. The molecule has 1 aliphatic carbocycles. The van der Waals surface area contributed by atoms with E-state index < -0.39 is 0 Å². The van der Waals surface area contributed by atoms with Gasteiger partial charge in [-0.15, -0.1) is 0 Å². The molecule has 114 valence electrons. The highest BCUT2D eigenvalue weighted by Crippen LogP contribution is 2.39. The third-order valence-electron chi connectivity index (χ3n) is 4.44. The van der Waals surface area contributed by atoms with Crippen molar-refractivity contribution in [2.75, 3.05) is 13.2 Å². The lowest BCUT2D eigenvalue weighted by Gasteiger charge is -2.23. The van der Waals surface area contributed by atoms with E-state index >= 15 is 0 Å². The minimum Gasteiger partial charge on any atom is -0.381 e. The van der Waals surface area contributed by atoms with E-state index in [9.17, 15) is 4.79 Å². The molecule has 0 spiro atoms. The summed E-state index contributed by atoms with van der Waals surface area (Å²) in [6, 6.07) is 7.91. The minimum atomic E-state index is -0.0135. The number of halogens is 1. The van der Waals surface area contributed by atoms with E-state index in [2.05, 4.69) is 5.32 Å². The molecule has 1 atom stereocenters. The van der Waals surface area contributed by atoms with E-state index in [0.717, 1.165) is 50.3 Å². The summed E-state index contributed by atoms with van der Waals surface area (Å²) in [5, 5.41) is 4.00. The third kappa shape index (κ3) is 4.21. The lowest BCUT2D eigenvalue weighted by Crippen LogP contribution is -2.40. The van der Waals surface area contributed by atoms with Crippen LogP contribution >= 0.6 is 11.6 Å². The Labute approximate surface area is 131 Å².